The summed E-state index contributed by atoms with van der Waals surface area (Å²) in [7, 11) is 0. The fourth-order valence-electron chi connectivity index (χ4n) is 4.27. The molecule has 0 radical (unpaired) electrons. The maximum absolute atomic E-state index is 8.79. The lowest BCUT2D eigenvalue weighted by atomic mass is 10.0. The van der Waals surface area contributed by atoms with Crippen LogP contribution in [0.3, 0.4) is 0 Å². The highest BCUT2D eigenvalue weighted by Gasteiger charge is 2.08. The molecular formula is C32H57N3O3. The van der Waals surface area contributed by atoms with Crippen LogP contribution in [-0.4, -0.2) is 43.7 Å². The van der Waals surface area contributed by atoms with Crippen LogP contribution in [-0.2, 0) is 9.47 Å². The number of rotatable bonds is 28. The molecular weight excluding hydrogens is 474 g/mol. The maximum Gasteiger partial charge on any atom is 0.0704 e. The number of aliphatic hydroxyl groups excluding tert-OH is 1. The van der Waals surface area contributed by atoms with E-state index in [1.54, 1.807) is 0 Å². The predicted octanol–water partition coefficient (Wildman–Crippen LogP) is 9.57. The van der Waals surface area contributed by atoms with Crippen LogP contribution in [0.15, 0.2) is 53.7 Å². The first kappa shape index (κ1) is 36.1. The fourth-order valence-corrected chi connectivity index (χ4v) is 4.27. The molecule has 6 nitrogen and oxygen atoms in total. The van der Waals surface area contributed by atoms with E-state index in [0.29, 0.717) is 19.8 Å². The molecule has 0 aromatic rings. The van der Waals surface area contributed by atoms with Crippen LogP contribution in [0.25, 0.3) is 10.4 Å². The van der Waals surface area contributed by atoms with Crippen molar-refractivity contribution in [3.63, 3.8) is 0 Å². The van der Waals surface area contributed by atoms with E-state index < -0.39 is 0 Å². The number of ether oxygens (including phenoxy) is 2. The van der Waals surface area contributed by atoms with Crippen LogP contribution in [0.1, 0.15) is 117 Å². The lowest BCUT2D eigenvalue weighted by Gasteiger charge is -2.17. The number of unbranched alkanes of at least 4 members (excludes halogenated alkanes) is 7. The number of nitrogens with zero attached hydrogens (tertiary/aromatic N) is 3. The summed E-state index contributed by atoms with van der Waals surface area (Å²) in [4.78, 5) is 3.00. The van der Waals surface area contributed by atoms with E-state index in [1.807, 2.05) is 6.92 Å². The van der Waals surface area contributed by atoms with Gasteiger partial charge in [0.05, 0.1) is 32.5 Å². The van der Waals surface area contributed by atoms with Crippen molar-refractivity contribution in [1.29, 1.82) is 0 Å². The first-order valence-corrected chi connectivity index (χ1v) is 15.1. The van der Waals surface area contributed by atoms with E-state index in [4.69, 9.17) is 20.1 Å². The Kier molecular flexibility index (Phi) is 29.8. The molecule has 0 heterocycles. The summed E-state index contributed by atoms with van der Waals surface area (Å²) in [5.41, 5.74) is 8.72. The van der Waals surface area contributed by atoms with Crippen molar-refractivity contribution in [3.05, 3.63) is 59.1 Å². The summed E-state index contributed by atoms with van der Waals surface area (Å²) < 4.78 is 11.3. The Morgan fingerprint density at radius 3 is 1.89 bits per heavy atom. The predicted molar refractivity (Wildman–Crippen MR) is 162 cm³/mol. The van der Waals surface area contributed by atoms with Gasteiger partial charge in [0.1, 0.15) is 0 Å². The topological polar surface area (TPSA) is 87.5 Å². The molecule has 0 fully saturated rings. The Bertz CT molecular complexity index is 654. The number of hydrogen-bond donors (Lipinski definition) is 1. The molecule has 2 atom stereocenters. The molecule has 0 aromatic heterocycles. The molecule has 0 aromatic carbocycles. The minimum Gasteiger partial charge on any atom is -0.394 e. The monoisotopic (exact) mass is 531 g/mol. The van der Waals surface area contributed by atoms with Gasteiger partial charge in [0.25, 0.3) is 0 Å². The van der Waals surface area contributed by atoms with Crippen LogP contribution >= 0.6 is 0 Å². The molecule has 0 saturated carbocycles. The first-order chi connectivity index (χ1) is 18.8. The maximum atomic E-state index is 8.79. The lowest BCUT2D eigenvalue weighted by Crippen LogP contribution is -2.17. The van der Waals surface area contributed by atoms with E-state index >= 15 is 0 Å². The molecule has 6 heteroatoms. The third kappa shape index (κ3) is 27.2. The molecule has 0 aliphatic carbocycles. The van der Waals surface area contributed by atoms with E-state index in [1.165, 1.54) is 25.7 Å². The van der Waals surface area contributed by atoms with Crippen LogP contribution in [0.4, 0.5) is 0 Å². The average Bonchev–Trinajstić information content (AvgIpc) is 2.92. The molecule has 0 amide bonds. The average molecular weight is 532 g/mol. The fraction of sp³-hybridized carbons (Fsp3) is 0.750. The van der Waals surface area contributed by atoms with Crippen LogP contribution in [0.2, 0.25) is 0 Å². The minimum atomic E-state index is 0.0646. The van der Waals surface area contributed by atoms with Gasteiger partial charge < -0.3 is 14.6 Å². The molecule has 38 heavy (non-hydrogen) atoms. The van der Waals surface area contributed by atoms with Gasteiger partial charge in [-0.25, -0.2) is 0 Å². The summed E-state index contributed by atoms with van der Waals surface area (Å²) in [6, 6.07) is 0.129. The zero-order valence-electron chi connectivity index (χ0n) is 24.5. The number of azide groups is 1. The van der Waals surface area contributed by atoms with Gasteiger partial charge >= 0.3 is 0 Å². The van der Waals surface area contributed by atoms with Crippen LogP contribution in [0, 0.1) is 0 Å². The van der Waals surface area contributed by atoms with Crippen LogP contribution < -0.4 is 0 Å². The Labute approximate surface area is 233 Å². The van der Waals surface area contributed by atoms with Gasteiger partial charge in [-0.15, -0.1) is 0 Å². The van der Waals surface area contributed by atoms with Crippen molar-refractivity contribution in [3.8, 4) is 0 Å². The second-order valence-corrected chi connectivity index (χ2v) is 9.78. The van der Waals surface area contributed by atoms with Gasteiger partial charge in [-0.05, 0) is 109 Å². The normalized spacial score (nSPS) is 13.8. The van der Waals surface area contributed by atoms with Gasteiger partial charge in [-0.2, -0.15) is 0 Å². The van der Waals surface area contributed by atoms with Crippen molar-refractivity contribution < 1.29 is 14.6 Å². The highest BCUT2D eigenvalue weighted by Crippen LogP contribution is 2.14. The Hall–Kier alpha value is -1.85. The van der Waals surface area contributed by atoms with Crippen molar-refractivity contribution in [2.75, 3.05) is 26.4 Å². The summed E-state index contributed by atoms with van der Waals surface area (Å²) >= 11 is 0. The number of aliphatic hydroxyl groups is 1. The van der Waals surface area contributed by atoms with Crippen molar-refractivity contribution >= 4 is 0 Å². The molecule has 218 valence electrons. The molecule has 0 aliphatic heterocycles. The quantitative estimate of drug-likeness (QED) is 0.0358. The highest BCUT2D eigenvalue weighted by molar-refractivity contribution is 4.85. The SMILES string of the molecule is C/C=C/CCCC(CC/C=C/CCCCCC/C=C/CCCC(CC/C=C/C)N=[N+]=[N-])OCCOCCO. The largest absolute Gasteiger partial charge is 0.394 e. The molecule has 0 saturated heterocycles. The summed E-state index contributed by atoms with van der Waals surface area (Å²) in [6.45, 7) is 5.69. The van der Waals surface area contributed by atoms with Crippen molar-refractivity contribution in [2.24, 2.45) is 5.11 Å². The highest BCUT2D eigenvalue weighted by atomic mass is 16.5. The molecule has 0 spiro atoms. The van der Waals surface area contributed by atoms with Gasteiger partial charge in [0.2, 0.25) is 0 Å². The Morgan fingerprint density at radius 1 is 0.658 bits per heavy atom. The third-order valence-corrected chi connectivity index (χ3v) is 6.46. The van der Waals surface area contributed by atoms with E-state index in [9.17, 15) is 0 Å². The van der Waals surface area contributed by atoms with Crippen LogP contribution in [0.5, 0.6) is 0 Å². The third-order valence-electron chi connectivity index (χ3n) is 6.46. The lowest BCUT2D eigenvalue weighted by molar-refractivity contribution is -0.00852. The molecule has 2 unspecified atom stereocenters. The second-order valence-electron chi connectivity index (χ2n) is 9.78. The van der Waals surface area contributed by atoms with Gasteiger partial charge in [0, 0.05) is 11.0 Å². The first-order valence-electron chi connectivity index (χ1n) is 15.1. The zero-order valence-corrected chi connectivity index (χ0v) is 24.5. The Morgan fingerprint density at radius 2 is 1.24 bits per heavy atom. The second kappa shape index (κ2) is 31.4. The number of hydrogen-bond acceptors (Lipinski definition) is 4. The summed E-state index contributed by atoms with van der Waals surface area (Å²) in [5.74, 6) is 0. The van der Waals surface area contributed by atoms with Crippen molar-refractivity contribution in [1.82, 2.24) is 0 Å². The Balaban J connectivity index is 3.80. The van der Waals surface area contributed by atoms with Crippen molar-refractivity contribution in [2.45, 2.75) is 129 Å². The van der Waals surface area contributed by atoms with Gasteiger partial charge in [-0.3, -0.25) is 0 Å². The summed E-state index contributed by atoms with van der Waals surface area (Å²) in [6.07, 6.45) is 36.1. The van der Waals surface area contributed by atoms with Gasteiger partial charge in [-0.1, -0.05) is 66.6 Å². The standard InChI is InChI=1S/C32H57N3O3/c1-3-5-7-21-25-32(38-30-29-37-28-27-36)26-22-18-16-14-12-10-8-9-11-13-15-17-20-24-31(34-35-33)23-19-6-4-2/h3-6,13,15-16,18,31-32,36H,7-12,14,17,19-30H2,1-2H3/b5-3+,6-4+,15-13+,18-16+. The molecule has 0 rings (SSSR count). The number of allylic oxidation sites excluding steroid dienone is 8. The van der Waals surface area contributed by atoms with E-state index in [0.717, 1.165) is 77.0 Å². The van der Waals surface area contributed by atoms with Gasteiger partial charge in [0.15, 0.2) is 0 Å². The van der Waals surface area contributed by atoms with E-state index in [2.05, 4.69) is 65.6 Å². The molecule has 0 aliphatic rings. The smallest absolute Gasteiger partial charge is 0.0704 e. The zero-order chi connectivity index (χ0) is 27.8. The molecule has 0 bridgehead atoms. The van der Waals surface area contributed by atoms with E-state index in [-0.39, 0.29) is 18.8 Å². The minimum absolute atomic E-state index is 0.0646. The molecule has 1 N–H and O–H groups in total. The summed E-state index contributed by atoms with van der Waals surface area (Å²) in [5, 5.41) is 12.7.